The summed E-state index contributed by atoms with van der Waals surface area (Å²) in [4.78, 5) is 0. The predicted octanol–water partition coefficient (Wildman–Crippen LogP) is 3.71. The highest BCUT2D eigenvalue weighted by Crippen LogP contribution is 2.25. The molecule has 0 aromatic carbocycles. The second-order valence-corrected chi connectivity index (χ2v) is 5.02. The van der Waals surface area contributed by atoms with Crippen LogP contribution in [-0.2, 0) is 5.60 Å². The van der Waals surface area contributed by atoms with Crippen molar-refractivity contribution in [1.82, 2.24) is 9.61 Å². The van der Waals surface area contributed by atoms with Crippen LogP contribution >= 0.6 is 0 Å². The highest BCUT2D eigenvalue weighted by atomic mass is 16.3. The van der Waals surface area contributed by atoms with Gasteiger partial charge in [-0.15, -0.1) is 0 Å². The minimum atomic E-state index is -0.875. The van der Waals surface area contributed by atoms with Crippen LogP contribution in [0.4, 0.5) is 0 Å². The quantitative estimate of drug-likeness (QED) is 0.879. The van der Waals surface area contributed by atoms with Gasteiger partial charge >= 0.3 is 0 Å². The van der Waals surface area contributed by atoms with Crippen molar-refractivity contribution >= 4 is 5.52 Å². The molecule has 3 heteroatoms. The molecule has 2 aromatic rings. The van der Waals surface area contributed by atoms with Gasteiger partial charge in [0.05, 0.1) is 17.4 Å². The maximum absolute atomic E-state index is 10.1. The second-order valence-electron chi connectivity index (χ2n) is 5.02. The summed E-state index contributed by atoms with van der Waals surface area (Å²) in [7, 11) is 0. The molecule has 2 rings (SSSR count). The van der Waals surface area contributed by atoms with Gasteiger partial charge in [0.1, 0.15) is 5.60 Å². The Labute approximate surface area is 109 Å². The van der Waals surface area contributed by atoms with E-state index in [0.717, 1.165) is 11.2 Å². The molecule has 0 atom stereocenters. The molecule has 0 amide bonds. The SMILES string of the molecule is CC.CC(C)c1cnn2c(C(C)(C)O)cccc12. The van der Waals surface area contributed by atoms with Crippen LogP contribution < -0.4 is 0 Å². The van der Waals surface area contributed by atoms with Gasteiger partial charge in [0.25, 0.3) is 0 Å². The van der Waals surface area contributed by atoms with Crippen molar-refractivity contribution in [3.8, 4) is 0 Å². The number of hydrogen-bond donors (Lipinski definition) is 1. The van der Waals surface area contributed by atoms with Gasteiger partial charge in [-0.25, -0.2) is 4.52 Å². The number of aliphatic hydroxyl groups is 1. The lowest BCUT2D eigenvalue weighted by molar-refractivity contribution is 0.0715. The fraction of sp³-hybridized carbons (Fsp3) is 0.533. The Kier molecular flexibility index (Phi) is 4.52. The molecule has 0 saturated carbocycles. The molecule has 18 heavy (non-hydrogen) atoms. The van der Waals surface area contributed by atoms with Gasteiger partial charge in [-0.2, -0.15) is 5.10 Å². The zero-order chi connectivity index (χ0) is 13.9. The maximum atomic E-state index is 10.1. The Morgan fingerprint density at radius 2 is 1.83 bits per heavy atom. The fourth-order valence-electron chi connectivity index (χ4n) is 1.94. The van der Waals surface area contributed by atoms with Crippen molar-refractivity contribution in [2.75, 3.05) is 0 Å². The van der Waals surface area contributed by atoms with E-state index in [1.54, 1.807) is 13.8 Å². The van der Waals surface area contributed by atoms with Crippen LogP contribution in [0, 0.1) is 0 Å². The molecule has 0 aliphatic heterocycles. The molecule has 0 spiro atoms. The lowest BCUT2D eigenvalue weighted by Gasteiger charge is -2.18. The smallest absolute Gasteiger partial charge is 0.101 e. The van der Waals surface area contributed by atoms with E-state index in [-0.39, 0.29) is 0 Å². The summed E-state index contributed by atoms with van der Waals surface area (Å²) in [5.74, 6) is 0.439. The van der Waals surface area contributed by atoms with Crippen molar-refractivity contribution < 1.29 is 5.11 Å². The molecule has 0 aliphatic carbocycles. The van der Waals surface area contributed by atoms with Gasteiger partial charge in [-0.3, -0.25) is 0 Å². The largest absolute Gasteiger partial charge is 0.384 e. The van der Waals surface area contributed by atoms with Gasteiger partial charge in [0.2, 0.25) is 0 Å². The summed E-state index contributed by atoms with van der Waals surface area (Å²) in [5.41, 5.74) is 2.23. The average molecular weight is 248 g/mol. The molecule has 0 fully saturated rings. The Balaban J connectivity index is 0.000000771. The summed E-state index contributed by atoms with van der Waals surface area (Å²) in [6.45, 7) is 11.8. The molecule has 2 heterocycles. The normalized spacial score (nSPS) is 11.6. The maximum Gasteiger partial charge on any atom is 0.101 e. The predicted molar refractivity (Wildman–Crippen MR) is 75.9 cm³/mol. The van der Waals surface area contributed by atoms with E-state index in [1.165, 1.54) is 5.56 Å². The van der Waals surface area contributed by atoms with E-state index in [2.05, 4.69) is 18.9 Å². The van der Waals surface area contributed by atoms with Crippen molar-refractivity contribution in [3.05, 3.63) is 35.7 Å². The lowest BCUT2D eigenvalue weighted by Crippen LogP contribution is -2.20. The number of rotatable bonds is 2. The van der Waals surface area contributed by atoms with Crippen LogP contribution in [0.2, 0.25) is 0 Å². The number of nitrogens with zero attached hydrogens (tertiary/aromatic N) is 2. The molecule has 1 N–H and O–H groups in total. The van der Waals surface area contributed by atoms with E-state index in [9.17, 15) is 5.11 Å². The summed E-state index contributed by atoms with van der Waals surface area (Å²) in [6, 6.07) is 5.91. The number of fused-ring (bicyclic) bond motifs is 1. The van der Waals surface area contributed by atoms with Crippen molar-refractivity contribution in [2.45, 2.75) is 53.1 Å². The fourth-order valence-corrected chi connectivity index (χ4v) is 1.94. The van der Waals surface area contributed by atoms with Crippen LogP contribution in [0.25, 0.3) is 5.52 Å². The van der Waals surface area contributed by atoms with Crippen molar-refractivity contribution in [1.29, 1.82) is 0 Å². The number of aromatic nitrogens is 2. The standard InChI is InChI=1S/C13H18N2O.C2H6/c1-9(2)10-8-14-15-11(10)6-5-7-12(15)13(3,4)16;1-2/h5-9,16H,1-4H3;1-2H3. The molecule has 0 aliphatic rings. The van der Waals surface area contributed by atoms with Gasteiger partial charge < -0.3 is 5.11 Å². The third kappa shape index (κ3) is 2.72. The first kappa shape index (κ1) is 14.7. The Bertz CT molecular complexity index is 507. The molecule has 0 unspecified atom stereocenters. The molecular formula is C15H24N2O. The van der Waals surface area contributed by atoms with Gasteiger partial charge in [-0.1, -0.05) is 33.8 Å². The minimum Gasteiger partial charge on any atom is -0.384 e. The Hall–Kier alpha value is -1.35. The van der Waals surface area contributed by atoms with E-state index in [4.69, 9.17) is 0 Å². The number of hydrogen-bond acceptors (Lipinski definition) is 2. The average Bonchev–Trinajstić information content (AvgIpc) is 2.73. The van der Waals surface area contributed by atoms with Gasteiger partial charge in [-0.05, 0) is 31.9 Å². The van der Waals surface area contributed by atoms with E-state index in [0.29, 0.717) is 5.92 Å². The molecule has 100 valence electrons. The first-order valence-corrected chi connectivity index (χ1v) is 6.61. The first-order valence-electron chi connectivity index (χ1n) is 6.61. The summed E-state index contributed by atoms with van der Waals surface area (Å²) in [6.07, 6.45) is 1.88. The monoisotopic (exact) mass is 248 g/mol. The zero-order valence-electron chi connectivity index (χ0n) is 12.2. The van der Waals surface area contributed by atoms with Gasteiger partial charge in [0.15, 0.2) is 0 Å². The topological polar surface area (TPSA) is 37.5 Å². The molecule has 0 bridgehead atoms. The highest BCUT2D eigenvalue weighted by molar-refractivity contribution is 5.56. The third-order valence-corrected chi connectivity index (χ3v) is 2.82. The molecule has 0 radical (unpaired) electrons. The number of pyridine rings is 1. The lowest BCUT2D eigenvalue weighted by atomic mass is 10.0. The van der Waals surface area contributed by atoms with Crippen LogP contribution in [0.1, 0.15) is 58.7 Å². The van der Waals surface area contributed by atoms with E-state index < -0.39 is 5.60 Å². The van der Waals surface area contributed by atoms with E-state index >= 15 is 0 Å². The first-order chi connectivity index (χ1) is 8.41. The van der Waals surface area contributed by atoms with Crippen molar-refractivity contribution in [3.63, 3.8) is 0 Å². The van der Waals surface area contributed by atoms with Crippen LogP contribution in [0.15, 0.2) is 24.4 Å². The summed E-state index contributed by atoms with van der Waals surface area (Å²) >= 11 is 0. The van der Waals surface area contributed by atoms with Gasteiger partial charge in [0, 0.05) is 5.56 Å². The summed E-state index contributed by atoms with van der Waals surface area (Å²) < 4.78 is 1.83. The summed E-state index contributed by atoms with van der Waals surface area (Å²) in [5, 5.41) is 14.4. The second kappa shape index (κ2) is 5.53. The van der Waals surface area contributed by atoms with Crippen LogP contribution in [0.5, 0.6) is 0 Å². The Morgan fingerprint density at radius 3 is 2.33 bits per heavy atom. The molecule has 0 saturated heterocycles. The molecule has 2 aromatic heterocycles. The van der Waals surface area contributed by atoms with E-state index in [1.807, 2.05) is 42.8 Å². The molecule has 3 nitrogen and oxygen atoms in total. The van der Waals surface area contributed by atoms with Crippen LogP contribution in [0.3, 0.4) is 0 Å². The Morgan fingerprint density at radius 1 is 1.22 bits per heavy atom. The molecular weight excluding hydrogens is 224 g/mol. The highest BCUT2D eigenvalue weighted by Gasteiger charge is 2.21. The minimum absolute atomic E-state index is 0.439. The zero-order valence-corrected chi connectivity index (χ0v) is 12.2. The van der Waals surface area contributed by atoms with Crippen LogP contribution in [-0.4, -0.2) is 14.7 Å². The van der Waals surface area contributed by atoms with Crippen molar-refractivity contribution in [2.24, 2.45) is 0 Å². The third-order valence-electron chi connectivity index (χ3n) is 2.82.